The Kier molecular flexibility index (Phi) is 8.77. The molecule has 10 heteroatoms. The quantitative estimate of drug-likeness (QED) is 0.221. The van der Waals surface area contributed by atoms with Crippen LogP contribution in [0.15, 0.2) is 60.8 Å². The Bertz CT molecular complexity index is 1220. The highest BCUT2D eigenvalue weighted by atomic mass is 28.4. The van der Waals surface area contributed by atoms with Crippen molar-refractivity contribution in [2.45, 2.75) is 32.5 Å². The molecule has 0 amide bonds. The van der Waals surface area contributed by atoms with Gasteiger partial charge in [-0.2, -0.15) is 0 Å². The average molecular weight is 535 g/mol. The summed E-state index contributed by atoms with van der Waals surface area (Å²) in [6.07, 6.45) is 6.12. The monoisotopic (exact) mass is 534 g/mol. The summed E-state index contributed by atoms with van der Waals surface area (Å²) in [4.78, 5) is 15.0. The average Bonchev–Trinajstić information content (AvgIpc) is 3.35. The number of aromatic nitrogens is 3. The molecular formula is C28H34N4O5Si. The molecule has 4 heterocycles. The second kappa shape index (κ2) is 12.6. The Morgan fingerprint density at radius 1 is 1.05 bits per heavy atom. The number of hydrogen-bond donors (Lipinski definition) is 0. The van der Waals surface area contributed by atoms with Crippen molar-refractivity contribution >= 4 is 20.7 Å². The Morgan fingerprint density at radius 2 is 1.79 bits per heavy atom. The number of nitrogens with zero attached hydrogens (tertiary/aromatic N) is 4. The van der Waals surface area contributed by atoms with Crippen LogP contribution in [0.1, 0.15) is 33.6 Å². The maximum atomic E-state index is 12.6. The first kappa shape index (κ1) is 26.5. The molecule has 1 aromatic heterocycles. The Balaban J connectivity index is 1.10. The number of benzene rings is 2. The van der Waals surface area contributed by atoms with E-state index < -0.39 is 8.80 Å². The van der Waals surface area contributed by atoms with Gasteiger partial charge in [-0.1, -0.05) is 53.3 Å². The third kappa shape index (κ3) is 7.24. The van der Waals surface area contributed by atoms with Crippen molar-refractivity contribution in [1.82, 2.24) is 19.9 Å². The second-order valence-electron chi connectivity index (χ2n) is 9.57. The molecule has 2 bridgehead atoms. The van der Waals surface area contributed by atoms with Crippen LogP contribution in [0, 0.1) is 6.92 Å². The van der Waals surface area contributed by atoms with Crippen LogP contribution in [0.25, 0.3) is 6.08 Å². The van der Waals surface area contributed by atoms with Crippen molar-refractivity contribution in [2.24, 2.45) is 0 Å². The van der Waals surface area contributed by atoms with E-state index in [9.17, 15) is 4.79 Å². The molecule has 3 fully saturated rings. The third-order valence-corrected chi connectivity index (χ3v) is 9.55. The van der Waals surface area contributed by atoms with E-state index in [0.29, 0.717) is 37.7 Å². The highest BCUT2D eigenvalue weighted by Gasteiger charge is 2.43. The van der Waals surface area contributed by atoms with Crippen LogP contribution in [-0.2, 0) is 26.4 Å². The van der Waals surface area contributed by atoms with Gasteiger partial charge in [-0.15, -0.1) is 5.10 Å². The van der Waals surface area contributed by atoms with Gasteiger partial charge in [0.1, 0.15) is 18.1 Å². The van der Waals surface area contributed by atoms with Crippen LogP contribution in [0.5, 0.6) is 5.75 Å². The summed E-state index contributed by atoms with van der Waals surface area (Å²) >= 11 is 0. The summed E-state index contributed by atoms with van der Waals surface area (Å²) in [5.41, 5.74) is 3.46. The van der Waals surface area contributed by atoms with Crippen LogP contribution >= 0.6 is 0 Å². The van der Waals surface area contributed by atoms with Gasteiger partial charge < -0.3 is 18.0 Å². The van der Waals surface area contributed by atoms with Crippen molar-refractivity contribution in [3.63, 3.8) is 0 Å². The topological polar surface area (TPSA) is 87.9 Å². The molecule has 3 aliphatic heterocycles. The standard InChI is InChI=1S/C28H34N4O5Si/c1-23-6-8-24(9-7-23)10-11-28(33)25-4-2-5-27(20-25)34-22-26-21-32(30-29-26)12-3-19-38-35-16-13-31(14-17-36-38)15-18-37-38/h2,4-11,20-21H,3,12-19,22H2,1H3/b11-10+. The van der Waals surface area contributed by atoms with Gasteiger partial charge in [-0.05, 0) is 37.1 Å². The first-order valence-electron chi connectivity index (χ1n) is 13.1. The van der Waals surface area contributed by atoms with E-state index in [0.717, 1.165) is 43.4 Å². The molecule has 0 radical (unpaired) electrons. The molecule has 9 nitrogen and oxygen atoms in total. The molecule has 0 spiro atoms. The number of aryl methyl sites for hydroxylation is 2. The number of carbonyl (C=O) groups is 1. The first-order valence-corrected chi connectivity index (χ1v) is 15.1. The zero-order chi connectivity index (χ0) is 26.2. The van der Waals surface area contributed by atoms with Gasteiger partial charge in [-0.25, -0.2) is 0 Å². The largest absolute Gasteiger partial charge is 0.501 e. The van der Waals surface area contributed by atoms with E-state index >= 15 is 0 Å². The molecular weight excluding hydrogens is 500 g/mol. The van der Waals surface area contributed by atoms with E-state index in [1.165, 1.54) is 5.56 Å². The number of carbonyl (C=O) groups excluding carboxylic acids is 1. The number of ether oxygens (including phenoxy) is 1. The van der Waals surface area contributed by atoms with Crippen LogP contribution in [0.3, 0.4) is 0 Å². The molecule has 3 aliphatic rings. The Labute approximate surface area is 224 Å². The smallest absolute Gasteiger partial charge is 0.487 e. The van der Waals surface area contributed by atoms with Gasteiger partial charge in [0, 0.05) is 37.8 Å². The molecule has 0 unspecified atom stereocenters. The van der Waals surface area contributed by atoms with Crippen molar-refractivity contribution in [1.29, 1.82) is 0 Å². The fourth-order valence-corrected chi connectivity index (χ4v) is 6.96. The number of rotatable bonds is 10. The van der Waals surface area contributed by atoms with E-state index in [4.69, 9.17) is 18.0 Å². The first-order chi connectivity index (χ1) is 18.6. The molecule has 0 N–H and O–H groups in total. The molecule has 0 aliphatic carbocycles. The summed E-state index contributed by atoms with van der Waals surface area (Å²) in [7, 11) is -2.62. The lowest BCUT2D eigenvalue weighted by molar-refractivity contribution is -0.00869. The minimum Gasteiger partial charge on any atom is -0.487 e. The number of hydrogen-bond acceptors (Lipinski definition) is 8. The third-order valence-electron chi connectivity index (χ3n) is 6.65. The fraction of sp³-hybridized carbons (Fsp3) is 0.393. The lowest BCUT2D eigenvalue weighted by Gasteiger charge is -2.38. The van der Waals surface area contributed by atoms with Crippen molar-refractivity contribution in [3.05, 3.63) is 83.2 Å². The van der Waals surface area contributed by atoms with Crippen LogP contribution in [-0.4, -0.2) is 73.9 Å². The lowest BCUT2D eigenvalue weighted by Crippen LogP contribution is -2.55. The van der Waals surface area contributed by atoms with E-state index in [-0.39, 0.29) is 12.4 Å². The zero-order valence-corrected chi connectivity index (χ0v) is 22.8. The highest BCUT2D eigenvalue weighted by molar-refractivity contribution is 6.60. The summed E-state index contributed by atoms with van der Waals surface area (Å²) in [5, 5.41) is 8.47. The van der Waals surface area contributed by atoms with Crippen LogP contribution in [0.4, 0.5) is 0 Å². The minimum atomic E-state index is -2.62. The van der Waals surface area contributed by atoms with Gasteiger partial charge in [0.15, 0.2) is 5.78 Å². The molecule has 2 aromatic carbocycles. The maximum Gasteiger partial charge on any atom is 0.501 e. The van der Waals surface area contributed by atoms with Crippen LogP contribution in [0.2, 0.25) is 6.04 Å². The van der Waals surface area contributed by atoms with Crippen LogP contribution < -0.4 is 4.74 Å². The molecule has 3 saturated heterocycles. The van der Waals surface area contributed by atoms with Gasteiger partial charge in [0.25, 0.3) is 0 Å². The van der Waals surface area contributed by atoms with Crippen molar-refractivity contribution < 1.29 is 22.8 Å². The summed E-state index contributed by atoms with van der Waals surface area (Å²) < 4.78 is 26.0. The Morgan fingerprint density at radius 3 is 2.53 bits per heavy atom. The van der Waals surface area contributed by atoms with Crippen molar-refractivity contribution in [3.8, 4) is 5.75 Å². The van der Waals surface area contributed by atoms with Gasteiger partial charge in [-0.3, -0.25) is 14.4 Å². The fourth-order valence-electron chi connectivity index (χ4n) is 4.48. The second-order valence-corrected chi connectivity index (χ2v) is 12.3. The summed E-state index contributed by atoms with van der Waals surface area (Å²) in [6, 6.07) is 16.0. The SMILES string of the molecule is Cc1ccc(/C=C/C(=O)c2cccc(OCc3cn(CCC[Si]45OCCN(CCO4)CCO5)nn3)c2)cc1. The zero-order valence-electron chi connectivity index (χ0n) is 21.8. The minimum absolute atomic E-state index is 0.0761. The number of allylic oxidation sites excluding steroid dienone is 1. The molecule has 3 aromatic rings. The predicted molar refractivity (Wildman–Crippen MR) is 145 cm³/mol. The van der Waals surface area contributed by atoms with E-state index in [1.54, 1.807) is 18.2 Å². The molecule has 200 valence electrons. The van der Waals surface area contributed by atoms with E-state index in [1.807, 2.05) is 60.3 Å². The maximum absolute atomic E-state index is 12.6. The highest BCUT2D eigenvalue weighted by Crippen LogP contribution is 2.22. The summed E-state index contributed by atoms with van der Waals surface area (Å²) in [6.45, 7) is 7.80. The molecule has 38 heavy (non-hydrogen) atoms. The van der Waals surface area contributed by atoms with Gasteiger partial charge >= 0.3 is 8.80 Å². The molecule has 0 saturated carbocycles. The predicted octanol–water partition coefficient (Wildman–Crippen LogP) is 3.77. The Hall–Kier alpha value is -3.15. The van der Waals surface area contributed by atoms with Crippen molar-refractivity contribution in [2.75, 3.05) is 39.5 Å². The number of fused-ring (bicyclic) bond motifs is 6. The molecule has 6 rings (SSSR count). The summed E-state index contributed by atoms with van der Waals surface area (Å²) in [5.74, 6) is 0.533. The van der Waals surface area contributed by atoms with E-state index in [2.05, 4.69) is 15.2 Å². The lowest BCUT2D eigenvalue weighted by atomic mass is 10.1. The van der Waals surface area contributed by atoms with Gasteiger partial charge in [0.05, 0.1) is 26.0 Å². The normalized spacial score (nSPS) is 21.7. The number of ketones is 1. The molecule has 0 atom stereocenters. The van der Waals surface area contributed by atoms with Gasteiger partial charge in [0.2, 0.25) is 0 Å².